The standard InChI is InChI=1S/C17H22N4O4/c1-24-11-13-7-9-20(10-8-13)16-15(21(22)23)17(19-12-18-16)25-14-5-3-2-4-6-14/h3,5-6,12-13H,2,4,7-11H2,1H3. The van der Waals surface area contributed by atoms with Gasteiger partial charge in [-0.05, 0) is 43.8 Å². The largest absolute Gasteiger partial charge is 0.434 e. The number of anilines is 1. The fraction of sp³-hybridized carbons (Fsp3) is 0.529. The number of rotatable bonds is 6. The topological polar surface area (TPSA) is 90.6 Å². The zero-order valence-electron chi connectivity index (χ0n) is 14.3. The maximum Gasteiger partial charge on any atom is 0.373 e. The van der Waals surface area contributed by atoms with Gasteiger partial charge in [0.15, 0.2) is 0 Å². The summed E-state index contributed by atoms with van der Waals surface area (Å²) in [6.45, 7) is 2.12. The Morgan fingerprint density at radius 3 is 2.76 bits per heavy atom. The smallest absolute Gasteiger partial charge is 0.373 e. The minimum absolute atomic E-state index is 0.00758. The average molecular weight is 346 g/mol. The van der Waals surface area contributed by atoms with Crippen LogP contribution in [0, 0.1) is 16.0 Å². The number of hydrogen-bond acceptors (Lipinski definition) is 7. The molecule has 2 heterocycles. The van der Waals surface area contributed by atoms with Crippen molar-refractivity contribution in [1.29, 1.82) is 0 Å². The number of hydrogen-bond donors (Lipinski definition) is 0. The van der Waals surface area contributed by atoms with Crippen molar-refractivity contribution in [3.05, 3.63) is 40.4 Å². The Balaban J connectivity index is 1.82. The van der Waals surface area contributed by atoms with Gasteiger partial charge in [-0.15, -0.1) is 0 Å². The molecule has 0 atom stereocenters. The summed E-state index contributed by atoms with van der Waals surface area (Å²) >= 11 is 0. The molecule has 0 amide bonds. The summed E-state index contributed by atoms with van der Waals surface area (Å²) in [4.78, 5) is 21.3. The van der Waals surface area contributed by atoms with Gasteiger partial charge in [-0.3, -0.25) is 10.1 Å². The predicted octanol–water partition coefficient (Wildman–Crippen LogP) is 2.86. The fourth-order valence-corrected chi connectivity index (χ4v) is 3.14. The van der Waals surface area contributed by atoms with Crippen LogP contribution in [0.3, 0.4) is 0 Å². The monoisotopic (exact) mass is 346 g/mol. The lowest BCUT2D eigenvalue weighted by atomic mass is 9.98. The van der Waals surface area contributed by atoms with Crippen molar-refractivity contribution >= 4 is 11.5 Å². The molecule has 2 aliphatic rings. The van der Waals surface area contributed by atoms with E-state index in [0.717, 1.165) is 25.7 Å². The second-order valence-corrected chi connectivity index (χ2v) is 6.18. The second-order valence-electron chi connectivity index (χ2n) is 6.18. The molecule has 0 spiro atoms. The summed E-state index contributed by atoms with van der Waals surface area (Å²) in [5, 5.41) is 11.7. The highest BCUT2D eigenvalue weighted by molar-refractivity contribution is 5.63. The Labute approximate surface area is 146 Å². The van der Waals surface area contributed by atoms with E-state index in [1.807, 2.05) is 23.1 Å². The highest BCUT2D eigenvalue weighted by Gasteiger charge is 2.31. The molecule has 3 rings (SSSR count). The summed E-state index contributed by atoms with van der Waals surface area (Å²) in [5.74, 6) is 1.38. The first-order valence-electron chi connectivity index (χ1n) is 8.47. The second kappa shape index (κ2) is 8.06. The molecule has 134 valence electrons. The van der Waals surface area contributed by atoms with Crippen molar-refractivity contribution in [1.82, 2.24) is 9.97 Å². The van der Waals surface area contributed by atoms with Crippen LogP contribution in [0.15, 0.2) is 30.3 Å². The van der Waals surface area contributed by atoms with E-state index in [0.29, 0.717) is 37.2 Å². The number of nitrogens with zero attached hydrogens (tertiary/aromatic N) is 4. The molecule has 0 aromatic carbocycles. The third-order valence-electron chi connectivity index (χ3n) is 4.44. The molecule has 0 bridgehead atoms. The minimum atomic E-state index is -0.459. The third-order valence-corrected chi connectivity index (χ3v) is 4.44. The molecule has 25 heavy (non-hydrogen) atoms. The van der Waals surface area contributed by atoms with E-state index >= 15 is 0 Å². The third kappa shape index (κ3) is 4.14. The molecule has 1 aliphatic carbocycles. The summed E-state index contributed by atoms with van der Waals surface area (Å²) in [6, 6.07) is 0. The Kier molecular flexibility index (Phi) is 5.60. The lowest BCUT2D eigenvalue weighted by Crippen LogP contribution is -2.36. The summed E-state index contributed by atoms with van der Waals surface area (Å²) in [6.07, 6.45) is 10.6. The van der Waals surface area contributed by atoms with E-state index in [9.17, 15) is 10.1 Å². The van der Waals surface area contributed by atoms with Crippen LogP contribution in [0.2, 0.25) is 0 Å². The fourth-order valence-electron chi connectivity index (χ4n) is 3.14. The molecule has 1 saturated heterocycles. The van der Waals surface area contributed by atoms with Gasteiger partial charge >= 0.3 is 11.6 Å². The first-order chi connectivity index (χ1) is 12.2. The summed E-state index contributed by atoms with van der Waals surface area (Å²) in [5.41, 5.74) is -0.174. The number of aromatic nitrogens is 2. The highest BCUT2D eigenvalue weighted by Crippen LogP contribution is 2.36. The van der Waals surface area contributed by atoms with Crippen LogP contribution >= 0.6 is 0 Å². The van der Waals surface area contributed by atoms with Gasteiger partial charge in [-0.25, -0.2) is 4.98 Å². The highest BCUT2D eigenvalue weighted by atomic mass is 16.6. The molecule has 1 aromatic rings. The molecule has 8 nitrogen and oxygen atoms in total. The quantitative estimate of drug-likeness (QED) is 0.578. The SMILES string of the molecule is COCC1CCN(c2ncnc(OC3=CCCC=C3)c2[N+](=O)[O-])CC1. The van der Waals surface area contributed by atoms with Crippen molar-refractivity contribution in [3.8, 4) is 5.88 Å². The molecule has 1 fully saturated rings. The van der Waals surface area contributed by atoms with E-state index in [1.165, 1.54) is 6.33 Å². The van der Waals surface area contributed by atoms with Gasteiger partial charge in [0.05, 0.1) is 4.92 Å². The number of allylic oxidation sites excluding steroid dienone is 3. The van der Waals surface area contributed by atoms with Crippen LogP contribution in [-0.2, 0) is 4.74 Å². The minimum Gasteiger partial charge on any atom is -0.434 e. The van der Waals surface area contributed by atoms with Crippen molar-refractivity contribution in [2.75, 3.05) is 31.7 Å². The van der Waals surface area contributed by atoms with E-state index in [-0.39, 0.29) is 11.6 Å². The van der Waals surface area contributed by atoms with Crippen LogP contribution < -0.4 is 9.64 Å². The Morgan fingerprint density at radius 1 is 1.32 bits per heavy atom. The zero-order valence-corrected chi connectivity index (χ0v) is 14.3. The van der Waals surface area contributed by atoms with E-state index < -0.39 is 4.92 Å². The normalized spacial score (nSPS) is 18.1. The van der Waals surface area contributed by atoms with Gasteiger partial charge in [-0.2, -0.15) is 4.98 Å². The van der Waals surface area contributed by atoms with Crippen molar-refractivity contribution in [3.63, 3.8) is 0 Å². The van der Waals surface area contributed by atoms with Crippen molar-refractivity contribution < 1.29 is 14.4 Å². The van der Waals surface area contributed by atoms with Gasteiger partial charge in [0, 0.05) is 26.8 Å². The summed E-state index contributed by atoms with van der Waals surface area (Å²) in [7, 11) is 1.69. The van der Waals surface area contributed by atoms with Gasteiger partial charge in [0.2, 0.25) is 5.82 Å². The molecule has 1 aliphatic heterocycles. The Bertz CT molecular complexity index is 681. The van der Waals surface area contributed by atoms with Gasteiger partial charge in [0.1, 0.15) is 12.1 Å². The molecule has 0 N–H and O–H groups in total. The van der Waals surface area contributed by atoms with Crippen LogP contribution in [0.5, 0.6) is 5.88 Å². The van der Waals surface area contributed by atoms with Gasteiger partial charge in [0.25, 0.3) is 0 Å². The molecular formula is C17H22N4O4. The Hall–Kier alpha value is -2.48. The summed E-state index contributed by atoms with van der Waals surface area (Å²) < 4.78 is 10.9. The van der Waals surface area contributed by atoms with E-state index in [2.05, 4.69) is 9.97 Å². The molecule has 0 unspecified atom stereocenters. The van der Waals surface area contributed by atoms with Gasteiger partial charge < -0.3 is 14.4 Å². The van der Waals surface area contributed by atoms with E-state index in [1.54, 1.807) is 7.11 Å². The number of methoxy groups -OCH3 is 1. The van der Waals surface area contributed by atoms with E-state index in [4.69, 9.17) is 9.47 Å². The molecule has 0 saturated carbocycles. The molecule has 1 aromatic heterocycles. The van der Waals surface area contributed by atoms with Crippen LogP contribution in [0.1, 0.15) is 25.7 Å². The number of piperidine rings is 1. The average Bonchev–Trinajstić information content (AvgIpc) is 2.63. The molecule has 0 radical (unpaired) electrons. The number of ether oxygens (including phenoxy) is 2. The molecule has 8 heteroatoms. The lowest BCUT2D eigenvalue weighted by molar-refractivity contribution is -0.385. The number of nitro groups is 1. The zero-order chi connectivity index (χ0) is 17.6. The Morgan fingerprint density at radius 2 is 2.12 bits per heavy atom. The van der Waals surface area contributed by atoms with Gasteiger partial charge in [-0.1, -0.05) is 6.08 Å². The maximum absolute atomic E-state index is 11.7. The maximum atomic E-state index is 11.7. The first-order valence-corrected chi connectivity index (χ1v) is 8.47. The van der Waals surface area contributed by atoms with Crippen molar-refractivity contribution in [2.24, 2.45) is 5.92 Å². The lowest BCUT2D eigenvalue weighted by Gasteiger charge is -2.32. The van der Waals surface area contributed by atoms with Crippen LogP contribution in [0.4, 0.5) is 11.5 Å². The van der Waals surface area contributed by atoms with Crippen LogP contribution in [0.25, 0.3) is 0 Å². The molecular weight excluding hydrogens is 324 g/mol. The van der Waals surface area contributed by atoms with Crippen molar-refractivity contribution in [2.45, 2.75) is 25.7 Å². The van der Waals surface area contributed by atoms with Crippen LogP contribution in [-0.4, -0.2) is 41.7 Å². The first kappa shape index (κ1) is 17.3. The predicted molar refractivity (Wildman–Crippen MR) is 92.6 cm³/mol.